The Balaban J connectivity index is 1.47. The van der Waals surface area contributed by atoms with Crippen molar-refractivity contribution in [3.63, 3.8) is 0 Å². The number of hydrogen-bond donors (Lipinski definition) is 3. The van der Waals surface area contributed by atoms with Crippen LogP contribution in [0.1, 0.15) is 17.4 Å². The van der Waals surface area contributed by atoms with E-state index in [0.717, 1.165) is 17.0 Å². The zero-order chi connectivity index (χ0) is 22.7. The lowest BCUT2D eigenvalue weighted by molar-refractivity contribution is 0.102. The number of H-pyrrole nitrogens is 1. The van der Waals surface area contributed by atoms with E-state index in [1.165, 1.54) is 42.5 Å². The summed E-state index contributed by atoms with van der Waals surface area (Å²) in [5, 5.41) is 3.59. The van der Waals surface area contributed by atoms with Gasteiger partial charge in [-0.05, 0) is 67.6 Å². The van der Waals surface area contributed by atoms with Gasteiger partial charge in [-0.1, -0.05) is 6.07 Å². The molecule has 4 rings (SSSR count). The minimum absolute atomic E-state index is 0.0196. The molecule has 32 heavy (non-hydrogen) atoms. The molecule has 7 nitrogen and oxygen atoms in total. The first-order valence-electron chi connectivity index (χ1n) is 9.79. The van der Waals surface area contributed by atoms with Gasteiger partial charge in [0.2, 0.25) is 0 Å². The first-order valence-corrected chi connectivity index (χ1v) is 11.3. The predicted octanol–water partition coefficient (Wildman–Crippen LogP) is 4.76. The van der Waals surface area contributed by atoms with Crippen LogP contribution < -0.4 is 14.8 Å². The molecule has 0 atom stereocenters. The lowest BCUT2D eigenvalue weighted by Gasteiger charge is -2.09. The zero-order valence-corrected chi connectivity index (χ0v) is 17.9. The molecule has 0 radical (unpaired) electrons. The molecule has 9 heteroatoms. The molecular weight excluding hydrogens is 433 g/mol. The topological polar surface area (TPSA) is 100 Å². The van der Waals surface area contributed by atoms with E-state index in [1.54, 1.807) is 6.07 Å². The number of aromatic amines is 1. The summed E-state index contributed by atoms with van der Waals surface area (Å²) in [5.41, 5.74) is 1.67. The molecule has 0 aliphatic heterocycles. The average molecular weight is 453 g/mol. The fraction of sp³-hybridized carbons (Fsp3) is 0.0870. The zero-order valence-electron chi connectivity index (χ0n) is 17.1. The second-order valence-corrected chi connectivity index (χ2v) is 8.64. The monoisotopic (exact) mass is 453 g/mol. The number of rotatable bonds is 7. The molecule has 3 aromatic carbocycles. The van der Waals surface area contributed by atoms with Gasteiger partial charge in [0.25, 0.3) is 15.9 Å². The van der Waals surface area contributed by atoms with Crippen LogP contribution >= 0.6 is 0 Å². The largest absolute Gasteiger partial charge is 0.494 e. The Morgan fingerprint density at radius 2 is 1.78 bits per heavy atom. The second-order valence-electron chi connectivity index (χ2n) is 6.96. The van der Waals surface area contributed by atoms with Gasteiger partial charge in [0.15, 0.2) is 0 Å². The van der Waals surface area contributed by atoms with E-state index in [4.69, 9.17) is 4.74 Å². The van der Waals surface area contributed by atoms with Crippen LogP contribution in [0.4, 0.5) is 15.8 Å². The van der Waals surface area contributed by atoms with Gasteiger partial charge in [-0.3, -0.25) is 9.52 Å². The SMILES string of the molecule is CCOc1ccc2cc(C(=O)Nc3ccc(S(=O)(=O)Nc4cccc(F)c4)cc3)[nH]c2c1. The number of ether oxygens (including phenoxy) is 1. The molecule has 0 spiro atoms. The van der Waals surface area contributed by atoms with Crippen molar-refractivity contribution in [1.82, 2.24) is 4.98 Å². The summed E-state index contributed by atoms with van der Waals surface area (Å²) < 4.78 is 46.1. The van der Waals surface area contributed by atoms with Crippen molar-refractivity contribution in [2.24, 2.45) is 0 Å². The Bertz CT molecular complexity index is 1380. The predicted molar refractivity (Wildman–Crippen MR) is 121 cm³/mol. The molecule has 1 aromatic heterocycles. The Morgan fingerprint density at radius 1 is 1.00 bits per heavy atom. The number of aromatic nitrogens is 1. The molecule has 1 amide bonds. The van der Waals surface area contributed by atoms with Crippen LogP contribution in [0.15, 0.2) is 77.7 Å². The number of hydrogen-bond acceptors (Lipinski definition) is 4. The summed E-state index contributed by atoms with van der Waals surface area (Å²) in [5.74, 6) is -0.209. The first kappa shape index (κ1) is 21.4. The van der Waals surface area contributed by atoms with Gasteiger partial charge in [-0.2, -0.15) is 0 Å². The van der Waals surface area contributed by atoms with Gasteiger partial charge in [0, 0.05) is 22.7 Å². The molecule has 3 N–H and O–H groups in total. The molecular formula is C23H20FN3O4S. The van der Waals surface area contributed by atoms with Gasteiger partial charge in [-0.25, -0.2) is 12.8 Å². The van der Waals surface area contributed by atoms with E-state index in [1.807, 2.05) is 25.1 Å². The van der Waals surface area contributed by atoms with E-state index in [9.17, 15) is 17.6 Å². The van der Waals surface area contributed by atoms with Gasteiger partial charge >= 0.3 is 0 Å². The summed E-state index contributed by atoms with van der Waals surface area (Å²) in [6.45, 7) is 2.44. The van der Waals surface area contributed by atoms with Crippen LogP contribution in [-0.4, -0.2) is 25.9 Å². The number of nitrogens with one attached hydrogen (secondary N) is 3. The third kappa shape index (κ3) is 4.73. The van der Waals surface area contributed by atoms with Gasteiger partial charge < -0.3 is 15.0 Å². The number of carbonyl (C=O) groups excluding carboxylic acids is 1. The lowest BCUT2D eigenvalue weighted by Crippen LogP contribution is -2.14. The van der Waals surface area contributed by atoms with Crippen LogP contribution in [0.3, 0.4) is 0 Å². The Labute approximate surface area is 184 Å². The highest BCUT2D eigenvalue weighted by molar-refractivity contribution is 7.92. The van der Waals surface area contributed by atoms with Gasteiger partial charge in [0.05, 0.1) is 17.2 Å². The van der Waals surface area contributed by atoms with Crippen LogP contribution in [-0.2, 0) is 10.0 Å². The molecule has 1 heterocycles. The van der Waals surface area contributed by atoms with Crippen molar-refractivity contribution in [3.05, 3.63) is 84.3 Å². The van der Waals surface area contributed by atoms with E-state index in [0.29, 0.717) is 23.7 Å². The molecule has 0 unspecified atom stereocenters. The van der Waals surface area contributed by atoms with Crippen LogP contribution in [0, 0.1) is 5.82 Å². The van der Waals surface area contributed by atoms with Crippen molar-refractivity contribution in [2.45, 2.75) is 11.8 Å². The number of amides is 1. The molecule has 0 saturated heterocycles. The van der Waals surface area contributed by atoms with Crippen LogP contribution in [0.25, 0.3) is 10.9 Å². The maximum absolute atomic E-state index is 13.3. The van der Waals surface area contributed by atoms with Gasteiger partial charge in [-0.15, -0.1) is 0 Å². The Hall–Kier alpha value is -3.85. The van der Waals surface area contributed by atoms with Crippen LogP contribution in [0.2, 0.25) is 0 Å². The van der Waals surface area contributed by atoms with E-state index < -0.39 is 15.8 Å². The Kier molecular flexibility index (Phi) is 5.83. The Morgan fingerprint density at radius 3 is 2.50 bits per heavy atom. The molecule has 0 saturated carbocycles. The number of benzene rings is 3. The molecule has 0 bridgehead atoms. The molecule has 0 aliphatic carbocycles. The van der Waals surface area contributed by atoms with E-state index in [2.05, 4.69) is 15.0 Å². The summed E-state index contributed by atoms with van der Waals surface area (Å²) >= 11 is 0. The smallest absolute Gasteiger partial charge is 0.272 e. The van der Waals surface area contributed by atoms with Gasteiger partial charge in [0.1, 0.15) is 17.3 Å². The van der Waals surface area contributed by atoms with Crippen molar-refractivity contribution in [1.29, 1.82) is 0 Å². The normalized spacial score (nSPS) is 11.3. The summed E-state index contributed by atoms with van der Waals surface area (Å²) in [6, 6.07) is 18.1. The van der Waals surface area contributed by atoms with Crippen molar-refractivity contribution in [3.8, 4) is 5.75 Å². The fourth-order valence-corrected chi connectivity index (χ4v) is 4.22. The third-order valence-corrected chi connectivity index (χ3v) is 6.05. The second kappa shape index (κ2) is 8.72. The molecule has 0 fully saturated rings. The number of anilines is 2. The number of sulfonamides is 1. The highest BCUT2D eigenvalue weighted by Crippen LogP contribution is 2.23. The van der Waals surface area contributed by atoms with Crippen molar-refractivity contribution in [2.75, 3.05) is 16.6 Å². The fourth-order valence-electron chi connectivity index (χ4n) is 3.17. The standard InChI is InChI=1S/C23H20FN3O4S/c1-2-31-19-9-6-15-12-22(26-21(15)14-19)23(28)25-17-7-10-20(11-8-17)32(29,30)27-18-5-3-4-16(24)13-18/h3-14,26-27H,2H2,1H3,(H,25,28). The van der Waals surface area contributed by atoms with Crippen molar-refractivity contribution < 1.29 is 22.3 Å². The highest BCUT2D eigenvalue weighted by Gasteiger charge is 2.15. The number of carbonyl (C=O) groups is 1. The van der Waals surface area contributed by atoms with E-state index >= 15 is 0 Å². The molecule has 0 aliphatic rings. The molecule has 164 valence electrons. The summed E-state index contributed by atoms with van der Waals surface area (Å²) in [7, 11) is -3.90. The average Bonchev–Trinajstić information content (AvgIpc) is 3.18. The minimum Gasteiger partial charge on any atom is -0.494 e. The van der Waals surface area contributed by atoms with Crippen molar-refractivity contribution >= 4 is 38.2 Å². The summed E-state index contributed by atoms with van der Waals surface area (Å²) in [6.07, 6.45) is 0. The van der Waals surface area contributed by atoms with E-state index in [-0.39, 0.29) is 16.5 Å². The quantitative estimate of drug-likeness (QED) is 0.376. The molecule has 4 aromatic rings. The maximum atomic E-state index is 13.3. The lowest BCUT2D eigenvalue weighted by atomic mass is 10.2. The minimum atomic E-state index is -3.90. The highest BCUT2D eigenvalue weighted by atomic mass is 32.2. The maximum Gasteiger partial charge on any atom is 0.272 e. The number of fused-ring (bicyclic) bond motifs is 1. The third-order valence-electron chi connectivity index (χ3n) is 4.65. The first-order chi connectivity index (χ1) is 15.3. The van der Waals surface area contributed by atoms with Crippen LogP contribution in [0.5, 0.6) is 5.75 Å². The summed E-state index contributed by atoms with van der Waals surface area (Å²) in [4.78, 5) is 15.6. The number of halogens is 1.